The highest BCUT2D eigenvalue weighted by molar-refractivity contribution is 5.94. The fourth-order valence-electron chi connectivity index (χ4n) is 2.04. The third kappa shape index (κ3) is 2.34. The number of nitro groups is 1. The predicted molar refractivity (Wildman–Crippen MR) is 68.6 cm³/mol. The highest BCUT2D eigenvalue weighted by Crippen LogP contribution is 2.37. The summed E-state index contributed by atoms with van der Waals surface area (Å²) in [6.07, 6.45) is 0. The second-order valence-electron chi connectivity index (χ2n) is 4.49. The van der Waals surface area contributed by atoms with Gasteiger partial charge in [-0.05, 0) is 12.1 Å². The van der Waals surface area contributed by atoms with Crippen molar-refractivity contribution in [1.82, 2.24) is 0 Å². The second kappa shape index (κ2) is 5.06. The highest BCUT2D eigenvalue weighted by Gasteiger charge is 2.28. The monoisotopic (exact) mass is 307 g/mol. The van der Waals surface area contributed by atoms with Crippen molar-refractivity contribution in [2.75, 3.05) is 0 Å². The Balaban J connectivity index is 2.07. The van der Waals surface area contributed by atoms with Crippen molar-refractivity contribution in [2.24, 2.45) is 0 Å². The van der Waals surface area contributed by atoms with E-state index in [1.165, 1.54) is 0 Å². The molecular formula is C14H7F2NO5. The molecule has 6 nitrogen and oxygen atoms in total. The van der Waals surface area contributed by atoms with E-state index < -0.39 is 34.0 Å². The van der Waals surface area contributed by atoms with Crippen LogP contribution in [0.3, 0.4) is 0 Å². The molecule has 2 aromatic rings. The van der Waals surface area contributed by atoms with Crippen LogP contribution in [0.4, 0.5) is 14.5 Å². The molecule has 2 aromatic carbocycles. The van der Waals surface area contributed by atoms with E-state index in [1.54, 1.807) is 0 Å². The zero-order chi connectivity index (χ0) is 15.9. The van der Waals surface area contributed by atoms with E-state index in [2.05, 4.69) is 0 Å². The Kier molecular flexibility index (Phi) is 3.21. The minimum atomic E-state index is -1.02. The zero-order valence-electron chi connectivity index (χ0n) is 10.8. The van der Waals surface area contributed by atoms with Crippen LogP contribution in [0.25, 0.3) is 0 Å². The third-order valence-electron chi connectivity index (χ3n) is 3.07. The van der Waals surface area contributed by atoms with Crippen molar-refractivity contribution in [3.63, 3.8) is 0 Å². The summed E-state index contributed by atoms with van der Waals surface area (Å²) in [5.74, 6) is -3.19. The number of nitrogens with zero attached hydrogens (tertiary/aromatic N) is 1. The van der Waals surface area contributed by atoms with Gasteiger partial charge in [-0.15, -0.1) is 0 Å². The summed E-state index contributed by atoms with van der Waals surface area (Å²) >= 11 is 0. The molecular weight excluding hydrogens is 300 g/mol. The van der Waals surface area contributed by atoms with Crippen LogP contribution in [0.15, 0.2) is 30.3 Å². The van der Waals surface area contributed by atoms with Crippen LogP contribution in [0.2, 0.25) is 0 Å². The van der Waals surface area contributed by atoms with Crippen LogP contribution in [0, 0.1) is 21.7 Å². The first-order chi connectivity index (χ1) is 10.5. The van der Waals surface area contributed by atoms with E-state index in [1.807, 2.05) is 0 Å². The van der Waals surface area contributed by atoms with E-state index in [4.69, 9.17) is 9.47 Å². The largest absolute Gasteiger partial charge is 0.457 e. The van der Waals surface area contributed by atoms with Gasteiger partial charge in [-0.25, -0.2) is 13.6 Å². The maximum atomic E-state index is 13.6. The number of hydrogen-bond acceptors (Lipinski definition) is 5. The Morgan fingerprint density at radius 1 is 1.18 bits per heavy atom. The van der Waals surface area contributed by atoms with Crippen molar-refractivity contribution in [1.29, 1.82) is 0 Å². The Morgan fingerprint density at radius 2 is 1.95 bits per heavy atom. The van der Waals surface area contributed by atoms with Gasteiger partial charge >= 0.3 is 11.7 Å². The van der Waals surface area contributed by atoms with Gasteiger partial charge in [-0.2, -0.15) is 0 Å². The van der Waals surface area contributed by atoms with Gasteiger partial charge in [0.25, 0.3) is 0 Å². The number of fused-ring (bicyclic) bond motifs is 1. The van der Waals surface area contributed by atoms with Gasteiger partial charge < -0.3 is 9.47 Å². The van der Waals surface area contributed by atoms with Crippen LogP contribution >= 0.6 is 0 Å². The molecule has 0 saturated carbocycles. The van der Waals surface area contributed by atoms with Gasteiger partial charge in [-0.3, -0.25) is 10.1 Å². The Morgan fingerprint density at radius 3 is 2.64 bits per heavy atom. The first kappa shape index (κ1) is 13.9. The number of ether oxygens (including phenoxy) is 2. The summed E-state index contributed by atoms with van der Waals surface area (Å²) in [4.78, 5) is 21.8. The summed E-state index contributed by atoms with van der Waals surface area (Å²) in [6, 6.07) is 4.79. The molecule has 0 atom stereocenters. The summed E-state index contributed by atoms with van der Waals surface area (Å²) in [5, 5.41) is 11.1. The summed E-state index contributed by atoms with van der Waals surface area (Å²) in [7, 11) is 0. The maximum absolute atomic E-state index is 13.6. The third-order valence-corrected chi connectivity index (χ3v) is 3.07. The number of nitro benzene ring substituents is 1. The minimum absolute atomic E-state index is 0.0692. The first-order valence-corrected chi connectivity index (χ1v) is 6.07. The van der Waals surface area contributed by atoms with E-state index in [0.717, 1.165) is 24.3 Å². The highest BCUT2D eigenvalue weighted by atomic mass is 19.1. The molecule has 0 fully saturated rings. The number of halogens is 2. The number of hydrogen-bond donors (Lipinski definition) is 0. The van der Waals surface area contributed by atoms with Gasteiger partial charge in [0.1, 0.15) is 12.4 Å². The van der Waals surface area contributed by atoms with E-state index in [0.29, 0.717) is 11.6 Å². The van der Waals surface area contributed by atoms with Gasteiger partial charge in [-0.1, -0.05) is 0 Å². The normalized spacial score (nSPS) is 12.7. The molecule has 0 bridgehead atoms. The lowest BCUT2D eigenvalue weighted by Crippen LogP contribution is -1.99. The molecule has 22 heavy (non-hydrogen) atoms. The molecule has 1 aliphatic rings. The number of rotatable bonds is 3. The SMILES string of the molecule is O=C1OCc2cc([N+](=O)[O-])c(Oc3ccc(F)cc3F)cc21. The molecule has 0 aliphatic carbocycles. The van der Waals surface area contributed by atoms with E-state index >= 15 is 0 Å². The topological polar surface area (TPSA) is 78.7 Å². The van der Waals surface area contributed by atoms with Gasteiger partial charge in [0, 0.05) is 23.8 Å². The van der Waals surface area contributed by atoms with E-state index in [-0.39, 0.29) is 17.9 Å². The second-order valence-corrected chi connectivity index (χ2v) is 4.49. The average molecular weight is 307 g/mol. The van der Waals surface area contributed by atoms with Crippen molar-refractivity contribution in [2.45, 2.75) is 6.61 Å². The van der Waals surface area contributed by atoms with Crippen LogP contribution in [-0.2, 0) is 11.3 Å². The average Bonchev–Trinajstić information content (AvgIpc) is 2.82. The molecule has 0 N–H and O–H groups in total. The Labute approximate surface area is 122 Å². The molecule has 8 heteroatoms. The predicted octanol–water partition coefficient (Wildman–Crippen LogP) is 3.34. The fourth-order valence-corrected chi connectivity index (χ4v) is 2.04. The molecule has 0 radical (unpaired) electrons. The van der Waals surface area contributed by atoms with Crippen LogP contribution in [-0.4, -0.2) is 10.9 Å². The molecule has 0 aromatic heterocycles. The molecule has 0 saturated heterocycles. The lowest BCUT2D eigenvalue weighted by molar-refractivity contribution is -0.385. The summed E-state index contributed by atoms with van der Waals surface area (Å²) in [5.41, 5.74) is 0.0209. The zero-order valence-corrected chi connectivity index (χ0v) is 10.8. The lowest BCUT2D eigenvalue weighted by Gasteiger charge is -2.08. The maximum Gasteiger partial charge on any atom is 0.339 e. The number of cyclic esters (lactones) is 1. The Bertz CT molecular complexity index is 806. The van der Waals surface area contributed by atoms with Crippen molar-refractivity contribution in [3.8, 4) is 11.5 Å². The number of carbonyl (C=O) groups is 1. The van der Waals surface area contributed by atoms with Crippen molar-refractivity contribution in [3.05, 3.63) is 63.2 Å². The molecule has 0 unspecified atom stereocenters. The standard InChI is InChI=1S/C14H7F2NO5/c15-8-1-2-12(10(16)4-8)22-13-5-9-7(6-21-14(9)18)3-11(13)17(19)20/h1-5H,6H2. The molecule has 112 valence electrons. The van der Waals surface area contributed by atoms with Crippen LogP contribution < -0.4 is 4.74 Å². The lowest BCUT2D eigenvalue weighted by atomic mass is 10.1. The van der Waals surface area contributed by atoms with Crippen LogP contribution in [0.5, 0.6) is 11.5 Å². The van der Waals surface area contributed by atoms with Crippen LogP contribution in [0.1, 0.15) is 15.9 Å². The number of carbonyl (C=O) groups excluding carboxylic acids is 1. The van der Waals surface area contributed by atoms with Crippen molar-refractivity contribution < 1.29 is 28.0 Å². The molecule has 0 amide bonds. The smallest absolute Gasteiger partial charge is 0.339 e. The molecule has 3 rings (SSSR count). The van der Waals surface area contributed by atoms with Gasteiger partial charge in [0.05, 0.1) is 10.5 Å². The summed E-state index contributed by atoms with van der Waals surface area (Å²) in [6.45, 7) is -0.0692. The summed E-state index contributed by atoms with van der Waals surface area (Å²) < 4.78 is 36.4. The number of esters is 1. The van der Waals surface area contributed by atoms with Gasteiger partial charge in [0.2, 0.25) is 5.75 Å². The molecule has 1 heterocycles. The minimum Gasteiger partial charge on any atom is -0.457 e. The first-order valence-electron chi connectivity index (χ1n) is 6.07. The van der Waals surface area contributed by atoms with Gasteiger partial charge in [0.15, 0.2) is 11.6 Å². The number of benzene rings is 2. The fraction of sp³-hybridized carbons (Fsp3) is 0.0714. The van der Waals surface area contributed by atoms with Crippen molar-refractivity contribution >= 4 is 11.7 Å². The molecule has 1 aliphatic heterocycles. The van der Waals surface area contributed by atoms with E-state index in [9.17, 15) is 23.7 Å². The molecule has 0 spiro atoms. The Hall–Kier alpha value is -3.03. The quantitative estimate of drug-likeness (QED) is 0.493.